The highest BCUT2D eigenvalue weighted by molar-refractivity contribution is 5.78. The number of carboxylic acids is 2. The molecule has 0 spiro atoms. The summed E-state index contributed by atoms with van der Waals surface area (Å²) in [5.74, 6) is -3.40. The lowest BCUT2D eigenvalue weighted by molar-refractivity contribution is -0.260. The van der Waals surface area contributed by atoms with Crippen LogP contribution >= 0.6 is 0 Å². The van der Waals surface area contributed by atoms with Crippen molar-refractivity contribution in [3.63, 3.8) is 0 Å². The van der Waals surface area contributed by atoms with Crippen molar-refractivity contribution in [1.29, 1.82) is 0 Å². The average Bonchev–Trinajstić information content (AvgIpc) is 2.35. The zero-order valence-electron chi connectivity index (χ0n) is 11.4. The minimum atomic E-state index is -5.12. The number of hydrogen-bond acceptors (Lipinski definition) is 4. The molecule has 0 rings (SSSR count). The van der Waals surface area contributed by atoms with Gasteiger partial charge in [0, 0.05) is 0 Å². The van der Waals surface area contributed by atoms with Crippen molar-refractivity contribution in [1.82, 2.24) is 0 Å². The van der Waals surface area contributed by atoms with Gasteiger partial charge in [0.2, 0.25) is 0 Å². The maximum absolute atomic E-state index is 11.7. The number of halogens is 3. The molecular formula is C11H19F3O6. The van der Waals surface area contributed by atoms with Gasteiger partial charge in [-0.15, -0.1) is 0 Å². The van der Waals surface area contributed by atoms with Crippen molar-refractivity contribution in [3.05, 3.63) is 0 Å². The van der Waals surface area contributed by atoms with Crippen LogP contribution in [0.2, 0.25) is 0 Å². The van der Waals surface area contributed by atoms with Crippen LogP contribution in [0.5, 0.6) is 0 Å². The molecule has 0 amide bonds. The molecule has 0 saturated heterocycles. The Balaban J connectivity index is 0. The predicted octanol–water partition coefficient (Wildman–Crippen LogP) is 1.40. The van der Waals surface area contributed by atoms with Gasteiger partial charge in [-0.05, 0) is 19.3 Å². The first-order valence-electron chi connectivity index (χ1n) is 5.80. The third-order valence-electron chi connectivity index (χ3n) is 2.90. The monoisotopic (exact) mass is 304 g/mol. The molecule has 1 atom stereocenters. The third kappa shape index (κ3) is 4.97. The van der Waals surface area contributed by atoms with E-state index in [9.17, 15) is 22.8 Å². The number of carbonyl (C=O) groups is 2. The average molecular weight is 304 g/mol. The van der Waals surface area contributed by atoms with Crippen LogP contribution in [0.4, 0.5) is 13.2 Å². The lowest BCUT2D eigenvalue weighted by Crippen LogP contribution is -2.51. The summed E-state index contributed by atoms with van der Waals surface area (Å²) in [7, 11) is 0. The number of aliphatic carboxylic acids is 2. The van der Waals surface area contributed by atoms with E-state index in [4.69, 9.17) is 20.4 Å². The number of rotatable bonds is 5. The van der Waals surface area contributed by atoms with Crippen molar-refractivity contribution in [3.8, 4) is 0 Å². The normalized spacial score (nSPS) is 14.8. The molecule has 0 aliphatic heterocycles. The second-order valence-corrected chi connectivity index (χ2v) is 4.06. The van der Waals surface area contributed by atoms with Gasteiger partial charge in [-0.3, -0.25) is 0 Å². The van der Waals surface area contributed by atoms with Gasteiger partial charge in [-0.25, -0.2) is 9.59 Å². The van der Waals surface area contributed by atoms with Crippen molar-refractivity contribution < 1.29 is 43.2 Å². The summed E-state index contributed by atoms with van der Waals surface area (Å²) in [6.07, 6.45) is -5.49. The van der Waals surface area contributed by atoms with E-state index in [0.717, 1.165) is 6.92 Å². The Hall–Kier alpha value is -1.35. The Bertz CT molecular complexity index is 338. The van der Waals surface area contributed by atoms with E-state index in [1.807, 2.05) is 0 Å². The number of alkyl halides is 3. The summed E-state index contributed by atoms with van der Waals surface area (Å²) >= 11 is 0. The molecule has 0 saturated carbocycles. The first-order valence-corrected chi connectivity index (χ1v) is 5.80. The minimum absolute atomic E-state index is 0.263. The van der Waals surface area contributed by atoms with Crippen LogP contribution in [0.15, 0.2) is 0 Å². The Kier molecular flexibility index (Phi) is 7.79. The van der Waals surface area contributed by atoms with Gasteiger partial charge in [-0.1, -0.05) is 20.8 Å². The lowest BCUT2D eigenvalue weighted by atomic mass is 9.98. The Morgan fingerprint density at radius 1 is 0.850 bits per heavy atom. The minimum Gasteiger partial charge on any atom is -0.479 e. The van der Waals surface area contributed by atoms with E-state index in [1.54, 1.807) is 13.8 Å². The van der Waals surface area contributed by atoms with Crippen LogP contribution in [-0.2, 0) is 9.59 Å². The maximum Gasteiger partial charge on any atom is 0.428 e. The molecule has 120 valence electrons. The zero-order chi connectivity index (χ0) is 16.8. The van der Waals surface area contributed by atoms with Crippen LogP contribution in [-0.4, -0.2) is 49.7 Å². The molecule has 1 unspecified atom stereocenters. The standard InChI is InChI=1S/C6H12O3.C5H7F3O3/c1-3-6(9,4-2)5(7)8;1-2-4(11,3(9)10)5(6,7)8/h9H,3-4H2,1-2H3,(H,7,8);11H,2H2,1H3,(H,9,10). The SMILES string of the molecule is CCC(O)(C(=O)O)C(F)(F)F.CCC(O)(CC)C(=O)O. The smallest absolute Gasteiger partial charge is 0.428 e. The highest BCUT2D eigenvalue weighted by Gasteiger charge is 2.58. The third-order valence-corrected chi connectivity index (χ3v) is 2.90. The van der Waals surface area contributed by atoms with Crippen molar-refractivity contribution in [2.75, 3.05) is 0 Å². The van der Waals surface area contributed by atoms with Crippen LogP contribution in [0, 0.1) is 0 Å². The van der Waals surface area contributed by atoms with E-state index in [2.05, 4.69) is 0 Å². The van der Waals surface area contributed by atoms with Gasteiger partial charge in [0.1, 0.15) is 0 Å². The highest BCUT2D eigenvalue weighted by atomic mass is 19.4. The largest absolute Gasteiger partial charge is 0.479 e. The van der Waals surface area contributed by atoms with Gasteiger partial charge in [-0.2, -0.15) is 13.2 Å². The Morgan fingerprint density at radius 3 is 1.20 bits per heavy atom. The van der Waals surface area contributed by atoms with Gasteiger partial charge in [0.15, 0.2) is 5.60 Å². The van der Waals surface area contributed by atoms with Crippen LogP contribution in [0.1, 0.15) is 40.0 Å². The number of carboxylic acid groups (broad SMARTS) is 2. The lowest BCUT2D eigenvalue weighted by Gasteiger charge is -2.23. The van der Waals surface area contributed by atoms with E-state index >= 15 is 0 Å². The predicted molar refractivity (Wildman–Crippen MR) is 62.1 cm³/mol. The van der Waals surface area contributed by atoms with Crippen LogP contribution in [0.25, 0.3) is 0 Å². The summed E-state index contributed by atoms with van der Waals surface area (Å²) in [4.78, 5) is 20.2. The Morgan fingerprint density at radius 2 is 1.20 bits per heavy atom. The summed E-state index contributed by atoms with van der Waals surface area (Å²) < 4.78 is 35.2. The molecule has 6 nitrogen and oxygen atoms in total. The fourth-order valence-corrected chi connectivity index (χ4v) is 1.03. The zero-order valence-corrected chi connectivity index (χ0v) is 11.4. The van der Waals surface area contributed by atoms with Gasteiger partial charge in [0.25, 0.3) is 5.60 Å². The van der Waals surface area contributed by atoms with Crippen molar-refractivity contribution >= 4 is 11.9 Å². The van der Waals surface area contributed by atoms with Crippen molar-refractivity contribution in [2.45, 2.75) is 57.4 Å². The first-order chi connectivity index (χ1) is 8.82. The molecule has 0 bridgehead atoms. The summed E-state index contributed by atoms with van der Waals surface area (Å²) in [5.41, 5.74) is -5.10. The number of hydrogen-bond donors (Lipinski definition) is 4. The van der Waals surface area contributed by atoms with Gasteiger partial charge >= 0.3 is 18.1 Å². The quantitative estimate of drug-likeness (QED) is 0.610. The van der Waals surface area contributed by atoms with E-state index in [1.165, 1.54) is 0 Å². The molecule has 0 heterocycles. The second-order valence-electron chi connectivity index (χ2n) is 4.06. The van der Waals surface area contributed by atoms with E-state index < -0.39 is 35.7 Å². The second kappa shape index (κ2) is 7.44. The molecule has 0 aromatic rings. The molecule has 0 radical (unpaired) electrons. The first kappa shape index (κ1) is 21.0. The number of aliphatic hydroxyl groups is 2. The van der Waals surface area contributed by atoms with Gasteiger partial charge < -0.3 is 20.4 Å². The molecule has 0 aliphatic rings. The maximum atomic E-state index is 11.7. The van der Waals surface area contributed by atoms with Gasteiger partial charge in [0.05, 0.1) is 0 Å². The molecular weight excluding hydrogens is 285 g/mol. The van der Waals surface area contributed by atoms with E-state index in [-0.39, 0.29) is 12.8 Å². The molecule has 0 aromatic heterocycles. The summed E-state index contributed by atoms with van der Waals surface area (Å²) in [6.45, 7) is 4.25. The molecule has 0 aromatic carbocycles. The topological polar surface area (TPSA) is 115 Å². The molecule has 0 aliphatic carbocycles. The summed E-state index contributed by atoms with van der Waals surface area (Å²) in [6, 6.07) is 0. The van der Waals surface area contributed by atoms with E-state index in [0.29, 0.717) is 0 Å². The molecule has 0 fully saturated rings. The molecule has 9 heteroatoms. The highest BCUT2D eigenvalue weighted by Crippen LogP contribution is 2.32. The molecule has 20 heavy (non-hydrogen) atoms. The fraction of sp³-hybridized carbons (Fsp3) is 0.818. The fourth-order valence-electron chi connectivity index (χ4n) is 1.03. The van der Waals surface area contributed by atoms with Crippen molar-refractivity contribution in [2.24, 2.45) is 0 Å². The summed E-state index contributed by atoms with van der Waals surface area (Å²) in [5, 5.41) is 34.0. The van der Waals surface area contributed by atoms with Crippen LogP contribution < -0.4 is 0 Å². The molecule has 4 N–H and O–H groups in total. The van der Waals surface area contributed by atoms with Crippen LogP contribution in [0.3, 0.4) is 0 Å². The Labute approximate surface area is 113 Å².